The van der Waals surface area contributed by atoms with Gasteiger partial charge in [-0.3, -0.25) is 4.98 Å². The van der Waals surface area contributed by atoms with Gasteiger partial charge in [0.05, 0.1) is 12.3 Å². The molecule has 0 fully saturated rings. The van der Waals surface area contributed by atoms with Crippen LogP contribution in [0.3, 0.4) is 0 Å². The molecule has 0 amide bonds. The third kappa shape index (κ3) is 2.82. The molecule has 0 spiro atoms. The zero-order valence-electron chi connectivity index (χ0n) is 9.49. The highest BCUT2D eigenvalue weighted by Gasteiger charge is 2.16. The van der Waals surface area contributed by atoms with E-state index in [1.54, 1.807) is 26.0 Å². The number of pyridine rings is 1. The van der Waals surface area contributed by atoms with Gasteiger partial charge >= 0.3 is 5.97 Å². The molecule has 1 heterocycles. The van der Waals surface area contributed by atoms with E-state index < -0.39 is 5.97 Å². The number of carboxylic acid groups (broad SMARTS) is 1. The summed E-state index contributed by atoms with van der Waals surface area (Å²) in [6.07, 6.45) is 2.40. The number of hydrogen-bond acceptors (Lipinski definition) is 3. The van der Waals surface area contributed by atoms with Gasteiger partial charge in [0, 0.05) is 11.8 Å². The summed E-state index contributed by atoms with van der Waals surface area (Å²) in [4.78, 5) is 15.1. The fourth-order valence-electron chi connectivity index (χ4n) is 1.42. The summed E-state index contributed by atoms with van der Waals surface area (Å²) in [5, 5.41) is 9.05. The molecule has 86 valence electrons. The number of aromatic nitrogens is 1. The van der Waals surface area contributed by atoms with Gasteiger partial charge in [-0.05, 0) is 20.3 Å². The average Bonchev–Trinajstić information content (AvgIpc) is 2.16. The molecule has 0 aromatic carbocycles. The Hall–Kier alpha value is -1.84. The maximum atomic E-state index is 11.0. The highest BCUT2D eigenvalue weighted by molar-refractivity contribution is 5.92. The Morgan fingerprint density at radius 3 is 2.88 bits per heavy atom. The van der Waals surface area contributed by atoms with E-state index in [4.69, 9.17) is 9.84 Å². The molecule has 0 unspecified atom stereocenters. The van der Waals surface area contributed by atoms with Crippen molar-refractivity contribution in [2.75, 3.05) is 6.61 Å². The molecule has 0 aliphatic heterocycles. The fraction of sp³-hybridized carbons (Fsp3) is 0.333. The van der Waals surface area contributed by atoms with Crippen LogP contribution in [0.4, 0.5) is 0 Å². The first-order valence-corrected chi connectivity index (χ1v) is 5.01. The molecule has 4 nitrogen and oxygen atoms in total. The van der Waals surface area contributed by atoms with Gasteiger partial charge in [-0.15, -0.1) is 6.58 Å². The fourth-order valence-corrected chi connectivity index (χ4v) is 1.42. The lowest BCUT2D eigenvalue weighted by Gasteiger charge is -2.10. The zero-order valence-corrected chi connectivity index (χ0v) is 9.49. The van der Waals surface area contributed by atoms with Crippen molar-refractivity contribution in [3.8, 4) is 5.75 Å². The van der Waals surface area contributed by atoms with Crippen molar-refractivity contribution in [1.29, 1.82) is 0 Å². The van der Waals surface area contributed by atoms with Gasteiger partial charge < -0.3 is 9.84 Å². The predicted molar refractivity (Wildman–Crippen MR) is 61.0 cm³/mol. The van der Waals surface area contributed by atoms with Gasteiger partial charge in [-0.1, -0.05) is 6.08 Å². The van der Waals surface area contributed by atoms with Gasteiger partial charge in [-0.25, -0.2) is 4.79 Å². The topological polar surface area (TPSA) is 59.4 Å². The van der Waals surface area contributed by atoms with Crippen molar-refractivity contribution in [2.45, 2.75) is 20.3 Å². The molecule has 1 aromatic rings. The third-order valence-electron chi connectivity index (χ3n) is 2.09. The normalized spacial score (nSPS) is 9.88. The first kappa shape index (κ1) is 12.2. The van der Waals surface area contributed by atoms with Crippen molar-refractivity contribution >= 4 is 5.97 Å². The van der Waals surface area contributed by atoms with Crippen LogP contribution in [0.1, 0.15) is 28.2 Å². The van der Waals surface area contributed by atoms with E-state index in [9.17, 15) is 4.79 Å². The second kappa shape index (κ2) is 5.30. The van der Waals surface area contributed by atoms with Crippen LogP contribution in [0.25, 0.3) is 0 Å². The molecule has 0 bridgehead atoms. The second-order valence-corrected chi connectivity index (χ2v) is 3.45. The molecule has 16 heavy (non-hydrogen) atoms. The van der Waals surface area contributed by atoms with Crippen LogP contribution in [-0.2, 0) is 0 Å². The third-order valence-corrected chi connectivity index (χ3v) is 2.09. The first-order chi connectivity index (χ1) is 7.56. The van der Waals surface area contributed by atoms with Gasteiger partial charge in [0.25, 0.3) is 0 Å². The van der Waals surface area contributed by atoms with Gasteiger partial charge in [0.2, 0.25) is 0 Å². The average molecular weight is 221 g/mol. The van der Waals surface area contributed by atoms with Crippen molar-refractivity contribution in [2.24, 2.45) is 0 Å². The van der Waals surface area contributed by atoms with E-state index in [0.29, 0.717) is 24.5 Å². The maximum Gasteiger partial charge on any atom is 0.341 e. The SMILES string of the molecule is C=CCCOc1cc(C)nc(C)c1C(=O)O. The van der Waals surface area contributed by atoms with E-state index in [1.807, 2.05) is 0 Å². The molecule has 1 rings (SSSR count). The summed E-state index contributed by atoms with van der Waals surface area (Å²) >= 11 is 0. The van der Waals surface area contributed by atoms with E-state index >= 15 is 0 Å². The Morgan fingerprint density at radius 2 is 2.31 bits per heavy atom. The highest BCUT2D eigenvalue weighted by Crippen LogP contribution is 2.22. The minimum absolute atomic E-state index is 0.134. The van der Waals surface area contributed by atoms with E-state index in [1.165, 1.54) is 0 Å². The monoisotopic (exact) mass is 221 g/mol. The molecule has 0 radical (unpaired) electrons. The van der Waals surface area contributed by atoms with Crippen molar-refractivity contribution in [3.05, 3.63) is 35.7 Å². The van der Waals surface area contributed by atoms with Crippen molar-refractivity contribution in [3.63, 3.8) is 0 Å². The van der Waals surface area contributed by atoms with Crippen LogP contribution in [-0.4, -0.2) is 22.7 Å². The molecular weight excluding hydrogens is 206 g/mol. The number of carbonyl (C=O) groups is 1. The summed E-state index contributed by atoms with van der Waals surface area (Å²) < 4.78 is 5.41. The van der Waals surface area contributed by atoms with E-state index in [0.717, 1.165) is 5.69 Å². The minimum Gasteiger partial charge on any atom is -0.492 e. The first-order valence-electron chi connectivity index (χ1n) is 5.01. The standard InChI is InChI=1S/C12H15NO3/c1-4-5-6-16-10-7-8(2)13-9(3)11(10)12(14)15/h4,7H,1,5-6H2,2-3H3,(H,14,15). The summed E-state index contributed by atoms with van der Waals surface area (Å²) in [5.41, 5.74) is 1.35. The van der Waals surface area contributed by atoms with Crippen LogP contribution in [0.2, 0.25) is 0 Å². The van der Waals surface area contributed by atoms with Crippen LogP contribution in [0, 0.1) is 13.8 Å². The van der Waals surface area contributed by atoms with Crippen LogP contribution < -0.4 is 4.74 Å². The smallest absolute Gasteiger partial charge is 0.341 e. The number of aryl methyl sites for hydroxylation is 2. The lowest BCUT2D eigenvalue weighted by Crippen LogP contribution is -2.08. The van der Waals surface area contributed by atoms with E-state index in [2.05, 4.69) is 11.6 Å². The lowest BCUT2D eigenvalue weighted by molar-refractivity contribution is 0.0691. The Bertz CT molecular complexity index is 413. The number of ether oxygens (including phenoxy) is 1. The Balaban J connectivity index is 3.03. The number of carboxylic acids is 1. The number of hydrogen-bond donors (Lipinski definition) is 1. The van der Waals surface area contributed by atoms with Gasteiger partial charge in [0.1, 0.15) is 11.3 Å². The highest BCUT2D eigenvalue weighted by atomic mass is 16.5. The lowest BCUT2D eigenvalue weighted by atomic mass is 10.1. The number of nitrogens with zero attached hydrogens (tertiary/aromatic N) is 1. The molecule has 0 aliphatic carbocycles. The predicted octanol–water partition coefficient (Wildman–Crippen LogP) is 2.35. The Kier molecular flexibility index (Phi) is 4.05. The van der Waals surface area contributed by atoms with Gasteiger partial charge in [-0.2, -0.15) is 0 Å². The largest absolute Gasteiger partial charge is 0.492 e. The zero-order chi connectivity index (χ0) is 12.1. The molecular formula is C12H15NO3. The molecule has 0 saturated carbocycles. The summed E-state index contributed by atoms with van der Waals surface area (Å²) in [7, 11) is 0. The number of rotatable bonds is 5. The Morgan fingerprint density at radius 1 is 1.62 bits per heavy atom. The summed E-state index contributed by atoms with van der Waals surface area (Å²) in [6, 6.07) is 1.64. The second-order valence-electron chi connectivity index (χ2n) is 3.45. The van der Waals surface area contributed by atoms with Crippen molar-refractivity contribution < 1.29 is 14.6 Å². The molecule has 0 saturated heterocycles. The molecule has 1 N–H and O–H groups in total. The van der Waals surface area contributed by atoms with E-state index in [-0.39, 0.29) is 5.56 Å². The van der Waals surface area contributed by atoms with Gasteiger partial charge in [0.15, 0.2) is 0 Å². The Labute approximate surface area is 94.6 Å². The molecule has 0 aliphatic rings. The minimum atomic E-state index is -1.02. The van der Waals surface area contributed by atoms with Crippen molar-refractivity contribution in [1.82, 2.24) is 4.98 Å². The summed E-state index contributed by atoms with van der Waals surface area (Å²) in [6.45, 7) is 7.47. The number of aromatic carboxylic acids is 1. The quantitative estimate of drug-likeness (QED) is 0.612. The molecule has 4 heteroatoms. The maximum absolute atomic E-state index is 11.0. The molecule has 0 atom stereocenters. The van der Waals surface area contributed by atoms with Crippen LogP contribution in [0.15, 0.2) is 18.7 Å². The summed E-state index contributed by atoms with van der Waals surface area (Å²) in [5.74, 6) is -0.641. The van der Waals surface area contributed by atoms with Crippen LogP contribution in [0.5, 0.6) is 5.75 Å². The molecule has 1 aromatic heterocycles. The van der Waals surface area contributed by atoms with Crippen LogP contribution >= 0.6 is 0 Å².